The van der Waals surface area contributed by atoms with Crippen molar-refractivity contribution >= 4 is 11.3 Å². The molecule has 0 amide bonds. The standard InChI is InChI=1S/C14H14N2S/c1-3-10(2)11-4-6-12(7-5-11)14-13(8-15)17-9-16-14/h4-7,9-10H,3H2,1-2H3. The molecule has 1 aromatic carbocycles. The topological polar surface area (TPSA) is 36.7 Å². The van der Waals surface area contributed by atoms with E-state index in [-0.39, 0.29) is 0 Å². The fraction of sp³-hybridized carbons (Fsp3) is 0.286. The number of hydrogen-bond acceptors (Lipinski definition) is 3. The highest BCUT2D eigenvalue weighted by atomic mass is 32.1. The van der Waals surface area contributed by atoms with E-state index in [1.54, 1.807) is 5.51 Å². The SMILES string of the molecule is CCC(C)c1ccc(-c2ncsc2C#N)cc1. The molecule has 1 atom stereocenters. The summed E-state index contributed by atoms with van der Waals surface area (Å²) in [6.07, 6.45) is 1.14. The highest BCUT2D eigenvalue weighted by Crippen LogP contribution is 2.27. The van der Waals surface area contributed by atoms with Gasteiger partial charge in [0.05, 0.1) is 11.2 Å². The van der Waals surface area contributed by atoms with E-state index in [0.29, 0.717) is 10.8 Å². The van der Waals surface area contributed by atoms with E-state index in [9.17, 15) is 0 Å². The first-order valence-corrected chi connectivity index (χ1v) is 6.58. The molecule has 0 fully saturated rings. The molecule has 0 aliphatic rings. The molecule has 17 heavy (non-hydrogen) atoms. The van der Waals surface area contributed by atoms with Crippen LogP contribution in [0, 0.1) is 11.3 Å². The molecule has 1 aromatic heterocycles. The molecule has 0 radical (unpaired) electrons. The van der Waals surface area contributed by atoms with Crippen molar-refractivity contribution in [1.29, 1.82) is 5.26 Å². The molecule has 0 aliphatic carbocycles. The van der Waals surface area contributed by atoms with Crippen LogP contribution in [0.5, 0.6) is 0 Å². The molecule has 1 unspecified atom stereocenters. The van der Waals surface area contributed by atoms with Crippen LogP contribution in [0.15, 0.2) is 29.8 Å². The molecule has 2 nitrogen and oxygen atoms in total. The molecule has 2 aromatic rings. The molecule has 0 saturated carbocycles. The van der Waals surface area contributed by atoms with Gasteiger partial charge < -0.3 is 0 Å². The average molecular weight is 242 g/mol. The van der Waals surface area contributed by atoms with E-state index in [2.05, 4.69) is 49.2 Å². The quantitative estimate of drug-likeness (QED) is 0.809. The van der Waals surface area contributed by atoms with Gasteiger partial charge in [-0.1, -0.05) is 38.1 Å². The number of rotatable bonds is 3. The van der Waals surface area contributed by atoms with Gasteiger partial charge in [-0.3, -0.25) is 0 Å². The van der Waals surface area contributed by atoms with Gasteiger partial charge in [0.25, 0.3) is 0 Å². The van der Waals surface area contributed by atoms with Crippen molar-refractivity contribution in [2.45, 2.75) is 26.2 Å². The van der Waals surface area contributed by atoms with Gasteiger partial charge in [-0.15, -0.1) is 11.3 Å². The maximum absolute atomic E-state index is 8.97. The van der Waals surface area contributed by atoms with Crippen LogP contribution in [-0.4, -0.2) is 4.98 Å². The van der Waals surface area contributed by atoms with Gasteiger partial charge in [0.15, 0.2) is 0 Å². The van der Waals surface area contributed by atoms with E-state index < -0.39 is 0 Å². The second-order valence-electron chi connectivity index (χ2n) is 4.07. The summed E-state index contributed by atoms with van der Waals surface area (Å²) in [6.45, 7) is 4.41. The van der Waals surface area contributed by atoms with E-state index in [0.717, 1.165) is 17.7 Å². The highest BCUT2D eigenvalue weighted by Gasteiger charge is 2.09. The Labute approximate surface area is 106 Å². The second kappa shape index (κ2) is 5.11. The summed E-state index contributed by atoms with van der Waals surface area (Å²) in [5.74, 6) is 0.579. The Bertz CT molecular complexity index is 534. The Balaban J connectivity index is 2.33. The Kier molecular flexibility index (Phi) is 3.55. The van der Waals surface area contributed by atoms with Crippen LogP contribution in [0.4, 0.5) is 0 Å². The molecule has 86 valence electrons. The lowest BCUT2D eigenvalue weighted by Crippen LogP contribution is -1.91. The molecule has 1 heterocycles. The van der Waals surface area contributed by atoms with Gasteiger partial charge >= 0.3 is 0 Å². The minimum absolute atomic E-state index is 0.579. The summed E-state index contributed by atoms with van der Waals surface area (Å²) in [5, 5.41) is 8.97. The van der Waals surface area contributed by atoms with Gasteiger partial charge in [0.2, 0.25) is 0 Å². The molecule has 0 bridgehead atoms. The lowest BCUT2D eigenvalue weighted by molar-refractivity contribution is 0.734. The van der Waals surface area contributed by atoms with E-state index in [1.807, 2.05) is 0 Å². The third kappa shape index (κ3) is 2.37. The summed E-state index contributed by atoms with van der Waals surface area (Å²) < 4.78 is 0. The lowest BCUT2D eigenvalue weighted by atomic mass is 9.97. The second-order valence-corrected chi connectivity index (χ2v) is 4.93. The fourth-order valence-corrected chi connectivity index (χ4v) is 2.33. The van der Waals surface area contributed by atoms with Crippen molar-refractivity contribution in [2.75, 3.05) is 0 Å². The normalized spacial score (nSPS) is 12.1. The van der Waals surface area contributed by atoms with Gasteiger partial charge in [-0.25, -0.2) is 4.98 Å². The predicted octanol–water partition coefficient (Wildman–Crippen LogP) is 4.20. The molecule has 0 spiro atoms. The van der Waals surface area contributed by atoms with E-state index in [1.165, 1.54) is 16.9 Å². The Morgan fingerprint density at radius 2 is 2.06 bits per heavy atom. The minimum atomic E-state index is 0.579. The average Bonchev–Trinajstić information content (AvgIpc) is 2.86. The number of aromatic nitrogens is 1. The van der Waals surface area contributed by atoms with Crippen LogP contribution in [-0.2, 0) is 0 Å². The molecule has 0 saturated heterocycles. The lowest BCUT2D eigenvalue weighted by Gasteiger charge is -2.09. The molecule has 0 aliphatic heterocycles. The number of nitrogens with zero attached hydrogens (tertiary/aromatic N) is 2. The van der Waals surface area contributed by atoms with Gasteiger partial charge in [0, 0.05) is 5.56 Å². The molecule has 3 heteroatoms. The Hall–Kier alpha value is -1.66. The Morgan fingerprint density at radius 1 is 1.35 bits per heavy atom. The largest absolute Gasteiger partial charge is 0.243 e. The van der Waals surface area contributed by atoms with Crippen LogP contribution < -0.4 is 0 Å². The van der Waals surface area contributed by atoms with Crippen LogP contribution >= 0.6 is 11.3 Å². The fourth-order valence-electron chi connectivity index (χ4n) is 1.74. The van der Waals surface area contributed by atoms with Crippen molar-refractivity contribution in [3.05, 3.63) is 40.2 Å². The van der Waals surface area contributed by atoms with Crippen molar-refractivity contribution in [3.63, 3.8) is 0 Å². The number of hydrogen-bond donors (Lipinski definition) is 0. The maximum atomic E-state index is 8.97. The minimum Gasteiger partial charge on any atom is -0.243 e. The zero-order valence-electron chi connectivity index (χ0n) is 9.97. The zero-order valence-corrected chi connectivity index (χ0v) is 10.8. The van der Waals surface area contributed by atoms with Crippen LogP contribution in [0.25, 0.3) is 11.3 Å². The molecule has 0 N–H and O–H groups in total. The predicted molar refractivity (Wildman–Crippen MR) is 71.0 cm³/mol. The van der Waals surface area contributed by atoms with Crippen molar-refractivity contribution in [3.8, 4) is 17.3 Å². The summed E-state index contributed by atoms with van der Waals surface area (Å²) in [4.78, 5) is 4.93. The third-order valence-corrected chi connectivity index (χ3v) is 3.77. The first-order valence-electron chi connectivity index (χ1n) is 5.70. The summed E-state index contributed by atoms with van der Waals surface area (Å²) in [7, 11) is 0. The van der Waals surface area contributed by atoms with Gasteiger partial charge in [0.1, 0.15) is 10.9 Å². The highest BCUT2D eigenvalue weighted by molar-refractivity contribution is 7.10. The zero-order chi connectivity index (χ0) is 12.3. The van der Waals surface area contributed by atoms with Crippen molar-refractivity contribution in [2.24, 2.45) is 0 Å². The number of nitriles is 1. The van der Waals surface area contributed by atoms with Crippen LogP contribution in [0.1, 0.15) is 36.6 Å². The summed E-state index contributed by atoms with van der Waals surface area (Å²) >= 11 is 1.39. The third-order valence-electron chi connectivity index (χ3n) is 3.03. The van der Waals surface area contributed by atoms with E-state index in [4.69, 9.17) is 5.26 Å². The van der Waals surface area contributed by atoms with Crippen LogP contribution in [0.3, 0.4) is 0 Å². The van der Waals surface area contributed by atoms with Gasteiger partial charge in [-0.05, 0) is 17.9 Å². The summed E-state index contributed by atoms with van der Waals surface area (Å²) in [6, 6.07) is 10.5. The maximum Gasteiger partial charge on any atom is 0.132 e. The first-order chi connectivity index (χ1) is 8.26. The number of benzene rings is 1. The van der Waals surface area contributed by atoms with Crippen LogP contribution in [0.2, 0.25) is 0 Å². The molecular formula is C14H14N2S. The smallest absolute Gasteiger partial charge is 0.132 e. The van der Waals surface area contributed by atoms with Crippen molar-refractivity contribution < 1.29 is 0 Å². The Morgan fingerprint density at radius 3 is 2.65 bits per heavy atom. The monoisotopic (exact) mass is 242 g/mol. The number of thiazole rings is 1. The first kappa shape index (κ1) is 11.8. The van der Waals surface area contributed by atoms with E-state index >= 15 is 0 Å². The van der Waals surface area contributed by atoms with Gasteiger partial charge in [-0.2, -0.15) is 5.26 Å². The molecular weight excluding hydrogens is 228 g/mol. The molecule has 2 rings (SSSR count). The van der Waals surface area contributed by atoms with Crippen molar-refractivity contribution in [1.82, 2.24) is 4.98 Å². The summed E-state index contributed by atoms with van der Waals surface area (Å²) in [5.41, 5.74) is 4.88.